The van der Waals surface area contributed by atoms with Gasteiger partial charge in [-0.2, -0.15) is 5.10 Å². The van der Waals surface area contributed by atoms with E-state index in [1.54, 1.807) is 24.0 Å². The molecule has 2 aromatic rings. The van der Waals surface area contributed by atoms with E-state index in [1.807, 2.05) is 19.1 Å². The molecule has 18 heavy (non-hydrogen) atoms. The number of aromatic nitrogens is 2. The van der Waals surface area contributed by atoms with E-state index in [-0.39, 0.29) is 11.9 Å². The molecule has 6 heteroatoms. The number of amides is 1. The molecule has 1 N–H and O–H groups in total. The monoisotopic (exact) mass is 311 g/mol. The van der Waals surface area contributed by atoms with Gasteiger partial charge in [0.2, 0.25) is 5.91 Å². The molecule has 0 aromatic carbocycles. The summed E-state index contributed by atoms with van der Waals surface area (Å²) >= 11 is 3.30. The minimum absolute atomic E-state index is 0.0975. The molecule has 2 aromatic heterocycles. The van der Waals surface area contributed by atoms with Gasteiger partial charge in [0.25, 0.3) is 0 Å². The number of furan rings is 1. The summed E-state index contributed by atoms with van der Waals surface area (Å²) in [6, 6.07) is 3.37. The van der Waals surface area contributed by atoms with Crippen LogP contribution >= 0.6 is 15.9 Å². The quantitative estimate of drug-likeness (QED) is 0.943. The minimum Gasteiger partial charge on any atom is -0.465 e. The highest BCUT2D eigenvalue weighted by atomic mass is 79.9. The van der Waals surface area contributed by atoms with Crippen molar-refractivity contribution >= 4 is 21.8 Å². The zero-order valence-electron chi connectivity index (χ0n) is 10.2. The first-order valence-electron chi connectivity index (χ1n) is 5.59. The van der Waals surface area contributed by atoms with Crippen LogP contribution in [0.4, 0.5) is 0 Å². The number of carbonyl (C=O) groups excluding carboxylic acids is 1. The Morgan fingerprint density at radius 1 is 1.61 bits per heavy atom. The second-order valence-corrected chi connectivity index (χ2v) is 4.96. The molecular weight excluding hydrogens is 298 g/mol. The molecule has 0 fully saturated rings. The second kappa shape index (κ2) is 5.39. The fraction of sp³-hybridized carbons (Fsp3) is 0.333. The van der Waals surface area contributed by atoms with Crippen LogP contribution in [0.15, 0.2) is 33.4 Å². The van der Waals surface area contributed by atoms with Gasteiger partial charge in [-0.15, -0.1) is 0 Å². The number of nitrogens with one attached hydrogen (secondary N) is 1. The van der Waals surface area contributed by atoms with Crippen molar-refractivity contribution in [2.24, 2.45) is 0 Å². The van der Waals surface area contributed by atoms with Crippen LogP contribution in [0.1, 0.15) is 24.5 Å². The minimum atomic E-state index is -0.354. The number of halogens is 1. The predicted molar refractivity (Wildman–Crippen MR) is 69.9 cm³/mol. The lowest BCUT2D eigenvalue weighted by Crippen LogP contribution is -2.30. The van der Waals surface area contributed by atoms with Gasteiger partial charge in [0, 0.05) is 6.20 Å². The van der Waals surface area contributed by atoms with Crippen LogP contribution in [0.2, 0.25) is 0 Å². The first kappa shape index (κ1) is 12.9. The Balaban J connectivity index is 1.92. The van der Waals surface area contributed by atoms with E-state index >= 15 is 0 Å². The van der Waals surface area contributed by atoms with E-state index in [1.165, 1.54) is 0 Å². The van der Waals surface area contributed by atoms with Crippen molar-refractivity contribution in [3.63, 3.8) is 0 Å². The van der Waals surface area contributed by atoms with E-state index in [9.17, 15) is 4.79 Å². The van der Waals surface area contributed by atoms with Crippen LogP contribution in [0.3, 0.4) is 0 Å². The molecule has 2 rings (SSSR count). The Morgan fingerprint density at radius 2 is 2.39 bits per heavy atom. The summed E-state index contributed by atoms with van der Waals surface area (Å²) in [4.78, 5) is 11.9. The molecule has 0 aliphatic rings. The van der Waals surface area contributed by atoms with Gasteiger partial charge in [-0.3, -0.25) is 9.48 Å². The van der Waals surface area contributed by atoms with E-state index in [4.69, 9.17) is 4.42 Å². The first-order chi connectivity index (χ1) is 8.56. The molecule has 5 nitrogen and oxygen atoms in total. The van der Waals surface area contributed by atoms with Crippen LogP contribution in [0, 0.1) is 6.92 Å². The summed E-state index contributed by atoms with van der Waals surface area (Å²) in [7, 11) is 0. The zero-order valence-corrected chi connectivity index (χ0v) is 11.8. The van der Waals surface area contributed by atoms with Gasteiger partial charge in [0.05, 0.1) is 17.2 Å². The fourth-order valence-corrected chi connectivity index (χ4v) is 1.85. The molecule has 0 saturated heterocycles. The fourth-order valence-electron chi connectivity index (χ4n) is 1.55. The van der Waals surface area contributed by atoms with Gasteiger partial charge in [-0.1, -0.05) is 0 Å². The molecule has 0 aliphatic heterocycles. The Labute approximate surface area is 113 Å². The van der Waals surface area contributed by atoms with Crippen LogP contribution in [0.25, 0.3) is 0 Å². The van der Waals surface area contributed by atoms with Gasteiger partial charge in [0.1, 0.15) is 17.6 Å². The smallest absolute Gasteiger partial charge is 0.244 e. The molecule has 0 spiro atoms. The largest absolute Gasteiger partial charge is 0.465 e. The van der Waals surface area contributed by atoms with Crippen molar-refractivity contribution in [3.05, 3.63) is 40.5 Å². The summed E-state index contributed by atoms with van der Waals surface area (Å²) in [6.07, 6.45) is 3.42. The lowest BCUT2D eigenvalue weighted by molar-refractivity contribution is -0.124. The van der Waals surface area contributed by atoms with Crippen LogP contribution in [-0.4, -0.2) is 15.7 Å². The molecular formula is C12H14BrN3O2. The third-order valence-electron chi connectivity index (χ3n) is 2.58. The SMILES string of the molecule is Cc1ccc(CNC(=O)[C@H](C)n2cc(Br)cn2)o1. The molecule has 1 amide bonds. The highest BCUT2D eigenvalue weighted by Crippen LogP contribution is 2.12. The first-order valence-corrected chi connectivity index (χ1v) is 6.38. The number of aryl methyl sites for hydroxylation is 1. The van der Waals surface area contributed by atoms with Gasteiger partial charge < -0.3 is 9.73 Å². The standard InChI is InChI=1S/C12H14BrN3O2/c1-8-3-4-11(18-8)6-14-12(17)9(2)16-7-10(13)5-15-16/h3-5,7,9H,6H2,1-2H3,(H,14,17)/t9-/m0/s1. The Hall–Kier alpha value is -1.56. The van der Waals surface area contributed by atoms with Crippen molar-refractivity contribution in [3.8, 4) is 0 Å². The van der Waals surface area contributed by atoms with Gasteiger partial charge in [0.15, 0.2) is 0 Å². The molecule has 0 saturated carbocycles. The number of nitrogens with zero attached hydrogens (tertiary/aromatic N) is 2. The average Bonchev–Trinajstić information content (AvgIpc) is 2.94. The van der Waals surface area contributed by atoms with Gasteiger partial charge in [-0.25, -0.2) is 0 Å². The lowest BCUT2D eigenvalue weighted by Gasteiger charge is -2.11. The lowest BCUT2D eigenvalue weighted by atomic mass is 10.3. The summed E-state index contributed by atoms with van der Waals surface area (Å²) in [5, 5.41) is 6.89. The van der Waals surface area contributed by atoms with Gasteiger partial charge in [-0.05, 0) is 41.9 Å². The Kier molecular flexibility index (Phi) is 3.86. The molecule has 96 valence electrons. The van der Waals surface area contributed by atoms with Crippen molar-refractivity contribution < 1.29 is 9.21 Å². The zero-order chi connectivity index (χ0) is 13.1. The van der Waals surface area contributed by atoms with Crippen LogP contribution in [0.5, 0.6) is 0 Å². The van der Waals surface area contributed by atoms with Gasteiger partial charge >= 0.3 is 0 Å². The summed E-state index contributed by atoms with van der Waals surface area (Å²) < 4.78 is 7.83. The predicted octanol–water partition coefficient (Wildman–Crippen LogP) is 2.42. The molecule has 0 radical (unpaired) electrons. The Morgan fingerprint density at radius 3 is 2.94 bits per heavy atom. The topological polar surface area (TPSA) is 60.1 Å². The highest BCUT2D eigenvalue weighted by molar-refractivity contribution is 9.10. The molecule has 0 aliphatic carbocycles. The van der Waals surface area contributed by atoms with Crippen LogP contribution < -0.4 is 5.32 Å². The average molecular weight is 312 g/mol. The van der Waals surface area contributed by atoms with E-state index in [0.29, 0.717) is 6.54 Å². The van der Waals surface area contributed by atoms with Crippen molar-refractivity contribution in [1.82, 2.24) is 15.1 Å². The van der Waals surface area contributed by atoms with Crippen molar-refractivity contribution in [2.75, 3.05) is 0 Å². The molecule has 0 bridgehead atoms. The van der Waals surface area contributed by atoms with Crippen molar-refractivity contribution in [2.45, 2.75) is 26.4 Å². The summed E-state index contributed by atoms with van der Waals surface area (Å²) in [5.41, 5.74) is 0. The molecule has 0 unspecified atom stereocenters. The van der Waals surface area contributed by atoms with Crippen molar-refractivity contribution in [1.29, 1.82) is 0 Å². The number of rotatable bonds is 4. The number of carbonyl (C=O) groups is 1. The number of hydrogen-bond acceptors (Lipinski definition) is 3. The maximum absolute atomic E-state index is 11.9. The molecule has 2 heterocycles. The highest BCUT2D eigenvalue weighted by Gasteiger charge is 2.15. The third-order valence-corrected chi connectivity index (χ3v) is 2.99. The van der Waals surface area contributed by atoms with E-state index < -0.39 is 0 Å². The summed E-state index contributed by atoms with van der Waals surface area (Å²) in [5.74, 6) is 1.48. The van der Waals surface area contributed by atoms with E-state index in [2.05, 4.69) is 26.3 Å². The normalized spacial score (nSPS) is 12.4. The Bertz CT molecular complexity index is 547. The summed E-state index contributed by atoms with van der Waals surface area (Å²) in [6.45, 7) is 4.05. The second-order valence-electron chi connectivity index (χ2n) is 4.04. The van der Waals surface area contributed by atoms with E-state index in [0.717, 1.165) is 16.0 Å². The van der Waals surface area contributed by atoms with Crippen LogP contribution in [-0.2, 0) is 11.3 Å². The number of hydrogen-bond donors (Lipinski definition) is 1. The maximum Gasteiger partial charge on any atom is 0.244 e. The molecule has 1 atom stereocenters. The third kappa shape index (κ3) is 3.01. The maximum atomic E-state index is 11.9.